The molecule has 0 atom stereocenters. The first-order valence-corrected chi connectivity index (χ1v) is 6.88. The highest BCUT2D eigenvalue weighted by Gasteiger charge is 2.30. The molecule has 0 bridgehead atoms. The third-order valence-electron chi connectivity index (χ3n) is 3.52. The van der Waals surface area contributed by atoms with Crippen LogP contribution in [-0.4, -0.2) is 25.3 Å². The van der Waals surface area contributed by atoms with E-state index >= 15 is 0 Å². The zero-order valence-electron chi connectivity index (χ0n) is 11.2. The number of nitrogens with one attached hydrogen (secondary N) is 1. The zero-order valence-corrected chi connectivity index (χ0v) is 11.2. The molecule has 104 valence electrons. The lowest BCUT2D eigenvalue weighted by Gasteiger charge is -2.00. The molecule has 0 spiro atoms. The maximum Gasteiger partial charge on any atom is 0.278 e. The number of anilines is 1. The smallest absolute Gasteiger partial charge is 0.278 e. The Morgan fingerprint density at radius 2 is 2.00 bits per heavy atom. The highest BCUT2D eigenvalue weighted by Crippen LogP contribution is 2.40. The highest BCUT2D eigenvalue weighted by molar-refractivity contribution is 6.06. The van der Waals surface area contributed by atoms with Crippen LogP contribution in [0.5, 0.6) is 0 Å². The molecule has 1 fully saturated rings. The monoisotopic (exact) mass is 279 g/mol. The number of imidazole rings is 1. The summed E-state index contributed by atoms with van der Waals surface area (Å²) in [5.74, 6) is 1.43. The Kier molecular flexibility index (Phi) is 2.67. The molecule has 4 rings (SSSR count). The molecule has 1 saturated carbocycles. The fraction of sp³-hybridized carbons (Fsp3) is 0.200. The average Bonchev–Trinajstić information content (AvgIpc) is 3.29. The van der Waals surface area contributed by atoms with Crippen molar-refractivity contribution in [1.29, 1.82) is 0 Å². The second-order valence-electron chi connectivity index (χ2n) is 5.08. The first-order valence-electron chi connectivity index (χ1n) is 6.88. The molecule has 21 heavy (non-hydrogen) atoms. The minimum Gasteiger partial charge on any atom is -0.303 e. The van der Waals surface area contributed by atoms with Gasteiger partial charge < -0.3 is 4.40 Å². The third kappa shape index (κ3) is 2.14. The van der Waals surface area contributed by atoms with Gasteiger partial charge in [0.15, 0.2) is 5.69 Å². The van der Waals surface area contributed by atoms with E-state index in [9.17, 15) is 4.79 Å². The molecule has 6 nitrogen and oxygen atoms in total. The molecule has 0 radical (unpaired) electrons. The lowest BCUT2D eigenvalue weighted by Crippen LogP contribution is -2.14. The second kappa shape index (κ2) is 4.66. The van der Waals surface area contributed by atoms with Gasteiger partial charge >= 0.3 is 0 Å². The van der Waals surface area contributed by atoms with Gasteiger partial charge in [-0.2, -0.15) is 0 Å². The van der Waals surface area contributed by atoms with Crippen LogP contribution in [0, 0.1) is 0 Å². The predicted molar refractivity (Wildman–Crippen MR) is 77.2 cm³/mol. The average molecular weight is 279 g/mol. The largest absolute Gasteiger partial charge is 0.303 e. The molecule has 1 aliphatic carbocycles. The Bertz CT molecular complexity index is 807. The number of nitrogens with zero attached hydrogens (tertiary/aromatic N) is 4. The van der Waals surface area contributed by atoms with E-state index < -0.39 is 0 Å². The van der Waals surface area contributed by atoms with Crippen LogP contribution in [0.1, 0.15) is 35.1 Å². The number of hydrogen-bond acceptors (Lipinski definition) is 4. The number of carbonyl (C=O) groups excluding carboxylic acids is 1. The third-order valence-corrected chi connectivity index (χ3v) is 3.52. The van der Waals surface area contributed by atoms with E-state index in [1.165, 1.54) is 0 Å². The Morgan fingerprint density at radius 1 is 1.19 bits per heavy atom. The number of carbonyl (C=O) groups is 1. The van der Waals surface area contributed by atoms with E-state index in [2.05, 4.69) is 20.3 Å². The summed E-state index contributed by atoms with van der Waals surface area (Å²) in [4.78, 5) is 25.0. The fourth-order valence-electron chi connectivity index (χ4n) is 2.38. The summed E-state index contributed by atoms with van der Waals surface area (Å²) in [5.41, 5.74) is 1.23. The predicted octanol–water partition coefficient (Wildman–Crippen LogP) is 2.25. The minimum absolute atomic E-state index is 0.281. The standard InChI is InChI=1S/C15H13N5O/c21-14(19-15-16-7-3-8-17-15)12-11-4-1-2-9-20(11)13(18-12)10-5-6-10/h1-4,7-10H,5-6H2,(H,16,17,19,21). The summed E-state index contributed by atoms with van der Waals surface area (Å²) in [5, 5.41) is 2.69. The number of amides is 1. The Balaban J connectivity index is 1.74. The summed E-state index contributed by atoms with van der Waals surface area (Å²) >= 11 is 0. The van der Waals surface area contributed by atoms with Crippen molar-refractivity contribution in [2.24, 2.45) is 0 Å². The van der Waals surface area contributed by atoms with Gasteiger partial charge in [-0.1, -0.05) is 6.07 Å². The topological polar surface area (TPSA) is 72.2 Å². The Hall–Kier alpha value is -2.76. The molecule has 3 heterocycles. The van der Waals surface area contributed by atoms with Crippen LogP contribution in [0.4, 0.5) is 5.95 Å². The molecule has 6 heteroatoms. The van der Waals surface area contributed by atoms with Crippen molar-refractivity contribution in [3.63, 3.8) is 0 Å². The number of pyridine rings is 1. The molecule has 1 aliphatic rings. The van der Waals surface area contributed by atoms with Gasteiger partial charge in [0.25, 0.3) is 5.91 Å². The normalized spacial score (nSPS) is 14.3. The van der Waals surface area contributed by atoms with Gasteiger partial charge in [-0.15, -0.1) is 0 Å². The summed E-state index contributed by atoms with van der Waals surface area (Å²) < 4.78 is 2.00. The van der Waals surface area contributed by atoms with E-state index in [4.69, 9.17) is 0 Å². The molecular formula is C15H13N5O. The molecular weight excluding hydrogens is 266 g/mol. The molecule has 0 aromatic carbocycles. The highest BCUT2D eigenvalue weighted by atomic mass is 16.2. The summed E-state index contributed by atoms with van der Waals surface area (Å²) in [6.45, 7) is 0. The van der Waals surface area contributed by atoms with Crippen LogP contribution >= 0.6 is 0 Å². The number of hydrogen-bond donors (Lipinski definition) is 1. The molecule has 1 N–H and O–H groups in total. The molecule has 0 unspecified atom stereocenters. The van der Waals surface area contributed by atoms with Crippen LogP contribution < -0.4 is 5.32 Å². The van der Waals surface area contributed by atoms with Crippen LogP contribution in [-0.2, 0) is 0 Å². The van der Waals surface area contributed by atoms with E-state index in [0.29, 0.717) is 11.6 Å². The van der Waals surface area contributed by atoms with Crippen molar-refractivity contribution in [2.75, 3.05) is 5.32 Å². The number of fused-ring (bicyclic) bond motifs is 1. The maximum atomic E-state index is 12.4. The van der Waals surface area contributed by atoms with Crippen LogP contribution in [0.2, 0.25) is 0 Å². The Labute approximate surface area is 120 Å². The minimum atomic E-state index is -0.281. The summed E-state index contributed by atoms with van der Waals surface area (Å²) in [7, 11) is 0. The number of aromatic nitrogens is 4. The summed E-state index contributed by atoms with van der Waals surface area (Å²) in [6, 6.07) is 7.46. The first kappa shape index (κ1) is 12.0. The van der Waals surface area contributed by atoms with Crippen molar-refractivity contribution in [3.8, 4) is 0 Å². The van der Waals surface area contributed by atoms with E-state index in [1.807, 2.05) is 28.8 Å². The lowest BCUT2D eigenvalue weighted by atomic mass is 10.3. The SMILES string of the molecule is O=C(Nc1ncccn1)c1nc(C2CC2)n2ccccc12. The van der Waals surface area contributed by atoms with Crippen molar-refractivity contribution in [3.05, 3.63) is 54.4 Å². The van der Waals surface area contributed by atoms with E-state index in [-0.39, 0.29) is 11.9 Å². The summed E-state index contributed by atoms with van der Waals surface area (Å²) in [6.07, 6.45) is 7.40. The van der Waals surface area contributed by atoms with Gasteiger partial charge in [0.2, 0.25) is 5.95 Å². The van der Waals surface area contributed by atoms with Crippen molar-refractivity contribution in [1.82, 2.24) is 19.4 Å². The van der Waals surface area contributed by atoms with Crippen molar-refractivity contribution >= 4 is 17.4 Å². The second-order valence-corrected chi connectivity index (χ2v) is 5.08. The van der Waals surface area contributed by atoms with Gasteiger partial charge in [-0.25, -0.2) is 15.0 Å². The quantitative estimate of drug-likeness (QED) is 0.798. The fourth-order valence-corrected chi connectivity index (χ4v) is 2.38. The van der Waals surface area contributed by atoms with Gasteiger partial charge in [0.1, 0.15) is 5.82 Å². The first-order chi connectivity index (χ1) is 10.3. The maximum absolute atomic E-state index is 12.4. The lowest BCUT2D eigenvalue weighted by molar-refractivity contribution is 0.102. The van der Waals surface area contributed by atoms with Gasteiger partial charge in [0.05, 0.1) is 5.52 Å². The van der Waals surface area contributed by atoms with Crippen LogP contribution in [0.3, 0.4) is 0 Å². The molecule has 3 aromatic rings. The van der Waals surface area contributed by atoms with E-state index in [0.717, 1.165) is 24.2 Å². The zero-order chi connectivity index (χ0) is 14.2. The van der Waals surface area contributed by atoms with Gasteiger partial charge in [-0.3, -0.25) is 10.1 Å². The van der Waals surface area contributed by atoms with E-state index in [1.54, 1.807) is 18.5 Å². The van der Waals surface area contributed by atoms with Crippen molar-refractivity contribution in [2.45, 2.75) is 18.8 Å². The van der Waals surface area contributed by atoms with Crippen molar-refractivity contribution < 1.29 is 4.79 Å². The van der Waals surface area contributed by atoms with Gasteiger partial charge in [0, 0.05) is 24.5 Å². The molecule has 0 aliphatic heterocycles. The Morgan fingerprint density at radius 3 is 2.76 bits per heavy atom. The molecule has 0 saturated heterocycles. The van der Waals surface area contributed by atoms with Gasteiger partial charge in [-0.05, 0) is 31.0 Å². The number of rotatable bonds is 3. The molecule has 3 aromatic heterocycles. The van der Waals surface area contributed by atoms with Crippen LogP contribution in [0.25, 0.3) is 5.52 Å². The van der Waals surface area contributed by atoms with Crippen LogP contribution in [0.15, 0.2) is 42.9 Å². The molecule has 1 amide bonds.